The smallest absolute Gasteiger partial charge is 0.317 e. The van der Waals surface area contributed by atoms with Crippen LogP contribution < -0.4 is 5.32 Å². The van der Waals surface area contributed by atoms with Gasteiger partial charge in [0.05, 0.1) is 0 Å². The number of likely N-dealkylation sites (tertiary alicyclic amines) is 1. The molecule has 0 aliphatic carbocycles. The van der Waals surface area contributed by atoms with Crippen LogP contribution in [0.2, 0.25) is 0 Å². The Morgan fingerprint density at radius 1 is 1.30 bits per heavy atom. The Balaban J connectivity index is 1.51. The lowest BCUT2D eigenvalue weighted by Crippen LogP contribution is -2.45. The fraction of sp³-hybridized carbons (Fsp3) is 0.524. The van der Waals surface area contributed by atoms with Gasteiger partial charge in [-0.15, -0.1) is 0 Å². The van der Waals surface area contributed by atoms with Crippen LogP contribution in [-0.2, 0) is 13.0 Å². The van der Waals surface area contributed by atoms with Crippen LogP contribution in [0.3, 0.4) is 0 Å². The van der Waals surface area contributed by atoms with Crippen molar-refractivity contribution in [3.05, 3.63) is 54.1 Å². The molecule has 146 valence electrons. The summed E-state index contributed by atoms with van der Waals surface area (Å²) in [5.74, 6) is 1.43. The second kappa shape index (κ2) is 9.55. The van der Waals surface area contributed by atoms with E-state index in [0.29, 0.717) is 12.5 Å². The number of hydrogen-bond acceptors (Lipinski definition) is 3. The summed E-state index contributed by atoms with van der Waals surface area (Å²) in [5.41, 5.74) is 1.25. The van der Waals surface area contributed by atoms with Crippen molar-refractivity contribution in [2.75, 3.05) is 40.3 Å². The SMILES string of the molecule is CN(C)CCn1ccnc1C1CCCN(C(=O)NCCc2ccccc2)C1. The average Bonchev–Trinajstić information content (AvgIpc) is 3.16. The molecule has 1 fully saturated rings. The summed E-state index contributed by atoms with van der Waals surface area (Å²) in [7, 11) is 4.16. The molecule has 1 unspecified atom stereocenters. The molecule has 1 aromatic carbocycles. The van der Waals surface area contributed by atoms with Gasteiger partial charge in [0, 0.05) is 51.0 Å². The van der Waals surface area contributed by atoms with Gasteiger partial charge in [0.1, 0.15) is 5.82 Å². The third-order valence-corrected chi connectivity index (χ3v) is 5.14. The molecule has 6 nitrogen and oxygen atoms in total. The number of aromatic nitrogens is 2. The highest BCUT2D eigenvalue weighted by molar-refractivity contribution is 5.74. The molecule has 1 saturated heterocycles. The van der Waals surface area contributed by atoms with Gasteiger partial charge in [-0.3, -0.25) is 0 Å². The summed E-state index contributed by atoms with van der Waals surface area (Å²) < 4.78 is 2.24. The molecule has 1 N–H and O–H groups in total. The van der Waals surface area contributed by atoms with Crippen molar-refractivity contribution in [2.45, 2.75) is 31.7 Å². The Hall–Kier alpha value is -2.34. The Morgan fingerprint density at radius 3 is 2.89 bits per heavy atom. The molecular weight excluding hydrogens is 338 g/mol. The van der Waals surface area contributed by atoms with Gasteiger partial charge in [0.15, 0.2) is 0 Å². The summed E-state index contributed by atoms with van der Waals surface area (Å²) in [6.07, 6.45) is 6.91. The Kier molecular flexibility index (Phi) is 6.87. The van der Waals surface area contributed by atoms with Crippen LogP contribution in [0.15, 0.2) is 42.7 Å². The molecule has 2 amide bonds. The molecule has 0 bridgehead atoms. The van der Waals surface area contributed by atoms with Crippen LogP contribution in [0.25, 0.3) is 0 Å². The Labute approximate surface area is 162 Å². The van der Waals surface area contributed by atoms with Crippen LogP contribution in [0.5, 0.6) is 0 Å². The highest BCUT2D eigenvalue weighted by Crippen LogP contribution is 2.25. The van der Waals surface area contributed by atoms with Gasteiger partial charge in [-0.25, -0.2) is 9.78 Å². The van der Waals surface area contributed by atoms with Crippen LogP contribution in [-0.4, -0.2) is 65.7 Å². The van der Waals surface area contributed by atoms with Crippen LogP contribution in [0.1, 0.15) is 30.1 Å². The summed E-state index contributed by atoms with van der Waals surface area (Å²) in [5, 5.41) is 3.07. The predicted molar refractivity (Wildman–Crippen MR) is 108 cm³/mol. The molecule has 1 aliphatic heterocycles. The van der Waals surface area contributed by atoms with Gasteiger partial charge in [0.2, 0.25) is 0 Å². The van der Waals surface area contributed by atoms with E-state index in [9.17, 15) is 4.79 Å². The van der Waals surface area contributed by atoms with Gasteiger partial charge in [-0.2, -0.15) is 0 Å². The fourth-order valence-corrected chi connectivity index (χ4v) is 3.62. The first kappa shape index (κ1) is 19.4. The number of urea groups is 1. The summed E-state index contributed by atoms with van der Waals surface area (Å²) >= 11 is 0. The van der Waals surface area contributed by atoms with Crippen molar-refractivity contribution in [1.29, 1.82) is 0 Å². The monoisotopic (exact) mass is 369 g/mol. The second-order valence-electron chi connectivity index (χ2n) is 7.53. The summed E-state index contributed by atoms with van der Waals surface area (Å²) in [4.78, 5) is 21.3. The number of amides is 2. The Morgan fingerprint density at radius 2 is 2.11 bits per heavy atom. The highest BCUT2D eigenvalue weighted by atomic mass is 16.2. The summed E-state index contributed by atoms with van der Waals surface area (Å²) in [6.45, 7) is 4.16. The van der Waals surface area contributed by atoms with E-state index in [1.165, 1.54) is 5.56 Å². The third-order valence-electron chi connectivity index (χ3n) is 5.14. The molecular formula is C21H31N5O. The maximum Gasteiger partial charge on any atom is 0.317 e. The minimum Gasteiger partial charge on any atom is -0.338 e. The lowest BCUT2D eigenvalue weighted by molar-refractivity contribution is 0.177. The topological polar surface area (TPSA) is 53.4 Å². The highest BCUT2D eigenvalue weighted by Gasteiger charge is 2.27. The normalized spacial score (nSPS) is 17.3. The molecule has 2 aromatic rings. The van der Waals surface area contributed by atoms with Crippen LogP contribution in [0.4, 0.5) is 4.79 Å². The van der Waals surface area contributed by atoms with Gasteiger partial charge in [-0.1, -0.05) is 30.3 Å². The number of imidazole rings is 1. The molecule has 1 aromatic heterocycles. The van der Waals surface area contributed by atoms with Crippen LogP contribution in [0, 0.1) is 0 Å². The quantitative estimate of drug-likeness (QED) is 0.816. The number of carbonyl (C=O) groups excluding carboxylic acids is 1. The first-order valence-electron chi connectivity index (χ1n) is 9.86. The van der Waals surface area contributed by atoms with Crippen molar-refractivity contribution < 1.29 is 4.79 Å². The molecule has 1 aliphatic rings. The fourth-order valence-electron chi connectivity index (χ4n) is 3.62. The van der Waals surface area contributed by atoms with Gasteiger partial charge in [0.25, 0.3) is 0 Å². The molecule has 0 radical (unpaired) electrons. The van der Waals surface area contributed by atoms with E-state index in [4.69, 9.17) is 0 Å². The van der Waals surface area contributed by atoms with Crippen molar-refractivity contribution in [3.63, 3.8) is 0 Å². The molecule has 27 heavy (non-hydrogen) atoms. The third kappa shape index (κ3) is 5.57. The Bertz CT molecular complexity index is 712. The largest absolute Gasteiger partial charge is 0.338 e. The molecule has 6 heteroatoms. The minimum absolute atomic E-state index is 0.0435. The lowest BCUT2D eigenvalue weighted by atomic mass is 9.97. The van der Waals surface area contributed by atoms with Crippen molar-refractivity contribution >= 4 is 6.03 Å². The lowest BCUT2D eigenvalue weighted by Gasteiger charge is -2.32. The van der Waals surface area contributed by atoms with Crippen molar-refractivity contribution in [1.82, 2.24) is 24.7 Å². The average molecular weight is 370 g/mol. The standard InChI is InChI=1S/C21H31N5O/c1-24(2)15-16-25-14-12-22-20(25)19-9-6-13-26(17-19)21(27)23-11-10-18-7-4-3-5-8-18/h3-5,7-8,12,14,19H,6,9-11,13,15-17H2,1-2H3,(H,23,27). The number of nitrogens with one attached hydrogen (secondary N) is 1. The van der Waals surface area contributed by atoms with Crippen molar-refractivity contribution in [2.24, 2.45) is 0 Å². The number of nitrogens with zero attached hydrogens (tertiary/aromatic N) is 4. The second-order valence-corrected chi connectivity index (χ2v) is 7.53. The van der Waals surface area contributed by atoms with E-state index in [0.717, 1.165) is 51.3 Å². The maximum absolute atomic E-state index is 12.6. The van der Waals surface area contributed by atoms with Crippen molar-refractivity contribution in [3.8, 4) is 0 Å². The van der Waals surface area contributed by atoms with E-state index >= 15 is 0 Å². The number of hydrogen-bond donors (Lipinski definition) is 1. The molecule has 0 saturated carbocycles. The maximum atomic E-state index is 12.6. The number of benzene rings is 1. The zero-order valence-corrected chi connectivity index (χ0v) is 16.5. The molecule has 0 spiro atoms. The molecule has 1 atom stereocenters. The van der Waals surface area contributed by atoms with E-state index in [1.54, 1.807) is 0 Å². The first-order chi connectivity index (χ1) is 13.1. The van der Waals surface area contributed by atoms with Gasteiger partial charge < -0.3 is 19.7 Å². The molecule has 2 heterocycles. The first-order valence-corrected chi connectivity index (χ1v) is 9.86. The predicted octanol–water partition coefficient (Wildman–Crippen LogP) is 2.58. The van der Waals surface area contributed by atoms with E-state index < -0.39 is 0 Å². The number of carbonyl (C=O) groups is 1. The number of rotatable bonds is 7. The minimum atomic E-state index is 0.0435. The number of piperidine rings is 1. The zero-order chi connectivity index (χ0) is 19.1. The van der Waals surface area contributed by atoms with E-state index in [-0.39, 0.29) is 6.03 Å². The van der Waals surface area contributed by atoms with Crippen LogP contribution >= 0.6 is 0 Å². The van der Waals surface area contributed by atoms with Gasteiger partial charge in [-0.05, 0) is 38.9 Å². The van der Waals surface area contributed by atoms with Gasteiger partial charge >= 0.3 is 6.03 Å². The summed E-state index contributed by atoms with van der Waals surface area (Å²) in [6, 6.07) is 10.3. The number of likely N-dealkylation sites (N-methyl/N-ethyl adjacent to an activating group) is 1. The van der Waals surface area contributed by atoms with E-state index in [1.807, 2.05) is 29.3 Å². The molecule has 3 rings (SSSR count). The zero-order valence-electron chi connectivity index (χ0n) is 16.5. The van der Waals surface area contributed by atoms with E-state index in [2.05, 4.69) is 52.2 Å².